The molecule has 2 N–H and O–H groups in total. The highest BCUT2D eigenvalue weighted by atomic mass is 16.5. The molecule has 0 aliphatic heterocycles. The zero-order valence-electron chi connectivity index (χ0n) is 15.8. The van der Waals surface area contributed by atoms with Crippen LogP contribution in [-0.2, 0) is 11.2 Å². The van der Waals surface area contributed by atoms with Crippen molar-refractivity contribution in [3.8, 4) is 16.9 Å². The van der Waals surface area contributed by atoms with Gasteiger partial charge in [-0.1, -0.05) is 60.7 Å². The summed E-state index contributed by atoms with van der Waals surface area (Å²) in [5.74, 6) is 0.283. The van der Waals surface area contributed by atoms with E-state index in [4.69, 9.17) is 4.74 Å². The van der Waals surface area contributed by atoms with Gasteiger partial charge in [-0.25, -0.2) is 4.79 Å². The second-order valence-corrected chi connectivity index (χ2v) is 7.24. The number of carbonyl (C=O) groups is 1. The van der Waals surface area contributed by atoms with Gasteiger partial charge in [-0.15, -0.1) is 0 Å². The maximum absolute atomic E-state index is 12.3. The number of rotatable bonds is 5. The fraction of sp³-hybridized carbons (Fsp3) is 0.208. The first kappa shape index (κ1) is 18.1. The molecule has 4 rings (SSSR count). The lowest BCUT2D eigenvalue weighted by atomic mass is 9.98. The van der Waals surface area contributed by atoms with Crippen LogP contribution in [0.3, 0.4) is 0 Å². The molecule has 1 unspecified atom stereocenters. The Kier molecular flexibility index (Phi) is 5.02. The number of ether oxygens (including phenoxy) is 1. The predicted molar refractivity (Wildman–Crippen MR) is 109 cm³/mol. The van der Waals surface area contributed by atoms with E-state index in [1.165, 1.54) is 22.3 Å². The lowest BCUT2D eigenvalue weighted by Crippen LogP contribution is -2.35. The molecule has 4 nitrogen and oxygen atoms in total. The van der Waals surface area contributed by atoms with E-state index in [-0.39, 0.29) is 17.7 Å². The number of aromatic hydroxyl groups is 1. The summed E-state index contributed by atoms with van der Waals surface area (Å²) in [5.41, 5.74) is 5.79. The normalized spacial score (nSPS) is 13.5. The molecule has 1 atom stereocenters. The van der Waals surface area contributed by atoms with Crippen LogP contribution in [0.5, 0.6) is 5.75 Å². The number of hydrogen-bond donors (Lipinski definition) is 2. The molecule has 1 amide bonds. The molecule has 4 heteroatoms. The highest BCUT2D eigenvalue weighted by Crippen LogP contribution is 2.44. The monoisotopic (exact) mass is 373 g/mol. The van der Waals surface area contributed by atoms with Gasteiger partial charge in [0, 0.05) is 12.0 Å². The summed E-state index contributed by atoms with van der Waals surface area (Å²) in [6, 6.07) is 23.5. The van der Waals surface area contributed by atoms with Crippen LogP contribution in [0.15, 0.2) is 72.8 Å². The number of fused-ring (bicyclic) bond motifs is 3. The first-order valence-electron chi connectivity index (χ1n) is 9.51. The molecule has 3 aromatic carbocycles. The molecule has 1 aliphatic rings. The van der Waals surface area contributed by atoms with Crippen LogP contribution >= 0.6 is 0 Å². The third-order valence-electron chi connectivity index (χ3n) is 5.16. The Morgan fingerprint density at radius 1 is 1.00 bits per heavy atom. The number of carbonyl (C=O) groups excluding carboxylic acids is 1. The number of alkyl carbamates (subject to hydrolysis) is 1. The molecule has 1 aliphatic carbocycles. The Balaban J connectivity index is 1.38. The Bertz CT molecular complexity index is 953. The van der Waals surface area contributed by atoms with E-state index in [1.807, 2.05) is 37.3 Å². The van der Waals surface area contributed by atoms with Crippen molar-refractivity contribution >= 4 is 6.09 Å². The highest BCUT2D eigenvalue weighted by Gasteiger charge is 2.29. The number of phenolic OH excluding ortho intramolecular Hbond substituents is 1. The molecule has 3 aromatic rings. The molecular formula is C24H23NO3. The Hall–Kier alpha value is -3.27. The fourth-order valence-electron chi connectivity index (χ4n) is 3.93. The van der Waals surface area contributed by atoms with E-state index in [0.717, 1.165) is 5.56 Å². The van der Waals surface area contributed by atoms with Gasteiger partial charge in [0.25, 0.3) is 0 Å². The van der Waals surface area contributed by atoms with E-state index >= 15 is 0 Å². The number of phenols is 1. The first-order chi connectivity index (χ1) is 13.6. The van der Waals surface area contributed by atoms with E-state index in [9.17, 15) is 9.90 Å². The SMILES string of the molecule is CC(Cc1cccc(O)c1)NC(=O)OCC1c2ccccc2-c2ccccc21. The standard InChI is InChI=1S/C24H23NO3/c1-16(13-17-7-6-8-18(26)14-17)25-24(27)28-15-23-21-11-4-2-9-19(21)20-10-3-5-12-22(20)23/h2-12,14,16,23,26H,13,15H2,1H3,(H,25,27). The average Bonchev–Trinajstić information content (AvgIpc) is 3.00. The van der Waals surface area contributed by atoms with Crippen LogP contribution in [0.4, 0.5) is 4.79 Å². The molecule has 28 heavy (non-hydrogen) atoms. The zero-order chi connectivity index (χ0) is 19.5. The van der Waals surface area contributed by atoms with E-state index in [0.29, 0.717) is 13.0 Å². The molecule has 0 saturated heterocycles. The lowest BCUT2D eigenvalue weighted by molar-refractivity contribution is 0.139. The van der Waals surface area contributed by atoms with Gasteiger partial charge >= 0.3 is 6.09 Å². The van der Waals surface area contributed by atoms with Gasteiger partial charge in [-0.2, -0.15) is 0 Å². The van der Waals surface area contributed by atoms with Crippen LogP contribution in [0, 0.1) is 0 Å². The van der Waals surface area contributed by atoms with Gasteiger partial charge in [0.1, 0.15) is 12.4 Å². The van der Waals surface area contributed by atoms with Crippen molar-refractivity contribution in [2.45, 2.75) is 25.3 Å². The number of nitrogens with one attached hydrogen (secondary N) is 1. The van der Waals surface area contributed by atoms with Crippen molar-refractivity contribution in [1.29, 1.82) is 0 Å². The van der Waals surface area contributed by atoms with Gasteiger partial charge < -0.3 is 15.2 Å². The molecule has 0 heterocycles. The predicted octanol–water partition coefficient (Wildman–Crippen LogP) is 4.86. The largest absolute Gasteiger partial charge is 0.508 e. The summed E-state index contributed by atoms with van der Waals surface area (Å²) in [6.45, 7) is 2.23. The van der Waals surface area contributed by atoms with Crippen LogP contribution < -0.4 is 5.32 Å². The van der Waals surface area contributed by atoms with Gasteiger partial charge in [-0.05, 0) is 53.3 Å². The topological polar surface area (TPSA) is 58.6 Å². The summed E-state index contributed by atoms with van der Waals surface area (Å²) < 4.78 is 5.57. The molecule has 0 fully saturated rings. The van der Waals surface area contributed by atoms with E-state index < -0.39 is 6.09 Å². The number of hydrogen-bond acceptors (Lipinski definition) is 3. The molecule has 142 valence electrons. The summed E-state index contributed by atoms with van der Waals surface area (Å²) in [4.78, 5) is 12.3. The second-order valence-electron chi connectivity index (χ2n) is 7.24. The molecule has 0 aromatic heterocycles. The highest BCUT2D eigenvalue weighted by molar-refractivity contribution is 5.79. The quantitative estimate of drug-likeness (QED) is 0.671. The van der Waals surface area contributed by atoms with Crippen molar-refractivity contribution in [3.05, 3.63) is 89.5 Å². The van der Waals surface area contributed by atoms with Crippen LogP contribution in [0.25, 0.3) is 11.1 Å². The van der Waals surface area contributed by atoms with Crippen molar-refractivity contribution in [1.82, 2.24) is 5.32 Å². The summed E-state index contributed by atoms with van der Waals surface area (Å²) in [6.07, 6.45) is 0.202. The van der Waals surface area contributed by atoms with Gasteiger partial charge in [-0.3, -0.25) is 0 Å². The first-order valence-corrected chi connectivity index (χ1v) is 9.51. The Labute approximate surface area is 164 Å². The van der Waals surface area contributed by atoms with E-state index in [1.54, 1.807) is 18.2 Å². The fourth-order valence-corrected chi connectivity index (χ4v) is 3.93. The number of amides is 1. The second kappa shape index (κ2) is 7.77. The maximum Gasteiger partial charge on any atom is 0.407 e. The smallest absolute Gasteiger partial charge is 0.407 e. The van der Waals surface area contributed by atoms with Crippen LogP contribution in [0.1, 0.15) is 29.5 Å². The van der Waals surface area contributed by atoms with Crippen molar-refractivity contribution in [2.75, 3.05) is 6.61 Å². The van der Waals surface area contributed by atoms with Crippen LogP contribution in [0.2, 0.25) is 0 Å². The van der Waals surface area contributed by atoms with Gasteiger partial charge in [0.15, 0.2) is 0 Å². The van der Waals surface area contributed by atoms with Crippen LogP contribution in [-0.4, -0.2) is 23.8 Å². The molecule has 0 radical (unpaired) electrons. The summed E-state index contributed by atoms with van der Waals surface area (Å²) in [7, 11) is 0. The lowest BCUT2D eigenvalue weighted by Gasteiger charge is -2.17. The average molecular weight is 373 g/mol. The zero-order valence-corrected chi connectivity index (χ0v) is 15.8. The van der Waals surface area contributed by atoms with Gasteiger partial charge in [0.2, 0.25) is 0 Å². The minimum absolute atomic E-state index is 0.0551. The molecular weight excluding hydrogens is 350 g/mol. The Morgan fingerprint density at radius 2 is 1.64 bits per heavy atom. The third kappa shape index (κ3) is 3.72. The maximum atomic E-state index is 12.3. The number of benzene rings is 3. The molecule has 0 bridgehead atoms. The van der Waals surface area contributed by atoms with E-state index in [2.05, 4.69) is 29.6 Å². The summed E-state index contributed by atoms with van der Waals surface area (Å²) >= 11 is 0. The minimum Gasteiger partial charge on any atom is -0.508 e. The minimum atomic E-state index is -0.422. The van der Waals surface area contributed by atoms with Crippen molar-refractivity contribution in [2.24, 2.45) is 0 Å². The third-order valence-corrected chi connectivity index (χ3v) is 5.16. The van der Waals surface area contributed by atoms with Gasteiger partial charge in [0.05, 0.1) is 0 Å². The van der Waals surface area contributed by atoms with Crippen molar-refractivity contribution in [3.63, 3.8) is 0 Å². The Morgan fingerprint density at radius 3 is 2.29 bits per heavy atom. The summed E-state index contributed by atoms with van der Waals surface area (Å²) in [5, 5.41) is 12.4. The van der Waals surface area contributed by atoms with Crippen molar-refractivity contribution < 1.29 is 14.6 Å². The molecule has 0 saturated carbocycles. The molecule has 0 spiro atoms.